The van der Waals surface area contributed by atoms with Gasteiger partial charge in [-0.2, -0.15) is 0 Å². The Hall–Kier alpha value is -4.26. The minimum Gasteiger partial charge on any atom is -0.467 e. The monoisotopic (exact) mass is 474 g/mol. The summed E-state index contributed by atoms with van der Waals surface area (Å²) in [5.74, 6) is -1.74. The van der Waals surface area contributed by atoms with Crippen LogP contribution < -0.4 is 4.90 Å². The van der Waals surface area contributed by atoms with E-state index in [2.05, 4.69) is 0 Å². The fourth-order valence-corrected chi connectivity index (χ4v) is 3.72. The van der Waals surface area contributed by atoms with Crippen LogP contribution >= 0.6 is 0 Å². The van der Waals surface area contributed by atoms with Crippen LogP contribution in [0.2, 0.25) is 0 Å². The van der Waals surface area contributed by atoms with E-state index in [1.807, 2.05) is 30.3 Å². The van der Waals surface area contributed by atoms with Crippen molar-refractivity contribution in [1.82, 2.24) is 4.90 Å². The topological polar surface area (TPSA) is 53.8 Å². The highest BCUT2D eigenvalue weighted by Crippen LogP contribution is 2.24. The zero-order valence-electron chi connectivity index (χ0n) is 19.2. The first-order valence-electron chi connectivity index (χ1n) is 11.1. The molecule has 0 aliphatic heterocycles. The van der Waals surface area contributed by atoms with Gasteiger partial charge in [0, 0.05) is 18.8 Å². The normalized spacial score (nSPS) is 10.7. The number of likely N-dealkylation sites (N-methyl/N-ethyl adjacent to an activating group) is 1. The first-order chi connectivity index (χ1) is 16.9. The summed E-state index contributed by atoms with van der Waals surface area (Å²) in [4.78, 5) is 29.1. The number of furan rings is 1. The van der Waals surface area contributed by atoms with Gasteiger partial charge < -0.3 is 14.2 Å². The Morgan fingerprint density at radius 3 is 2.31 bits per heavy atom. The molecule has 0 radical (unpaired) electrons. The third kappa shape index (κ3) is 6.00. The highest BCUT2D eigenvalue weighted by atomic mass is 19.1. The predicted octanol–water partition coefficient (Wildman–Crippen LogP) is 5.61. The number of benzene rings is 3. The highest BCUT2D eigenvalue weighted by molar-refractivity contribution is 6.06. The van der Waals surface area contributed by atoms with Crippen molar-refractivity contribution in [3.05, 3.63) is 125 Å². The molecule has 0 saturated carbocycles. The lowest BCUT2D eigenvalue weighted by Gasteiger charge is -2.24. The van der Waals surface area contributed by atoms with Crippen LogP contribution in [0.3, 0.4) is 0 Å². The summed E-state index contributed by atoms with van der Waals surface area (Å²) in [7, 11) is 1.69. The molecule has 4 rings (SSSR count). The van der Waals surface area contributed by atoms with Crippen molar-refractivity contribution in [2.45, 2.75) is 19.5 Å². The second-order valence-corrected chi connectivity index (χ2v) is 8.18. The predicted molar refractivity (Wildman–Crippen MR) is 129 cm³/mol. The standard InChI is InChI=1S/C28H24F2N2O3/c1-31(19-24-11-6-14-35-24)27(33)16-21-9-5-10-23(15-21)32(18-20-7-3-2-4-8-20)28(34)25-13-12-22(29)17-26(25)30/h2-15,17H,16,18-19H2,1H3. The number of halogens is 2. The lowest BCUT2D eigenvalue weighted by molar-refractivity contribution is -0.129. The molecule has 3 aromatic carbocycles. The molecule has 5 nitrogen and oxygen atoms in total. The second kappa shape index (κ2) is 10.8. The fourth-order valence-electron chi connectivity index (χ4n) is 3.72. The zero-order valence-corrected chi connectivity index (χ0v) is 19.2. The maximum absolute atomic E-state index is 14.5. The van der Waals surface area contributed by atoms with Gasteiger partial charge in [0.2, 0.25) is 5.91 Å². The number of carbonyl (C=O) groups is 2. The van der Waals surface area contributed by atoms with Gasteiger partial charge in [-0.1, -0.05) is 42.5 Å². The molecule has 2 amide bonds. The van der Waals surface area contributed by atoms with Gasteiger partial charge in [-0.25, -0.2) is 8.78 Å². The second-order valence-electron chi connectivity index (χ2n) is 8.18. The van der Waals surface area contributed by atoms with Gasteiger partial charge in [0.15, 0.2) is 0 Å². The van der Waals surface area contributed by atoms with Crippen molar-refractivity contribution in [3.8, 4) is 0 Å². The molecular formula is C28H24F2N2O3. The first kappa shape index (κ1) is 23.9. The van der Waals surface area contributed by atoms with Crippen molar-refractivity contribution in [1.29, 1.82) is 0 Å². The average molecular weight is 475 g/mol. The molecule has 35 heavy (non-hydrogen) atoms. The summed E-state index contributed by atoms with van der Waals surface area (Å²) in [6, 6.07) is 22.7. The Kier molecular flexibility index (Phi) is 7.35. The highest BCUT2D eigenvalue weighted by Gasteiger charge is 2.22. The van der Waals surface area contributed by atoms with Crippen LogP contribution in [-0.4, -0.2) is 23.8 Å². The van der Waals surface area contributed by atoms with Crippen LogP contribution in [0.4, 0.5) is 14.5 Å². The molecule has 0 aliphatic carbocycles. The smallest absolute Gasteiger partial charge is 0.261 e. The van der Waals surface area contributed by atoms with E-state index in [9.17, 15) is 18.4 Å². The van der Waals surface area contributed by atoms with E-state index in [0.717, 1.165) is 17.7 Å². The molecule has 1 aromatic heterocycles. The Balaban J connectivity index is 1.60. The zero-order chi connectivity index (χ0) is 24.8. The van der Waals surface area contributed by atoms with E-state index < -0.39 is 17.5 Å². The van der Waals surface area contributed by atoms with Gasteiger partial charge in [0.05, 0.1) is 31.3 Å². The lowest BCUT2D eigenvalue weighted by Crippen LogP contribution is -2.31. The Labute approximate surface area is 202 Å². The molecule has 0 fully saturated rings. The number of nitrogens with zero attached hydrogens (tertiary/aromatic N) is 2. The molecule has 0 aliphatic rings. The molecule has 178 valence electrons. The van der Waals surface area contributed by atoms with Gasteiger partial charge in [-0.15, -0.1) is 0 Å². The average Bonchev–Trinajstić information content (AvgIpc) is 3.36. The fraction of sp³-hybridized carbons (Fsp3) is 0.143. The molecule has 0 saturated heterocycles. The van der Waals surface area contributed by atoms with E-state index in [1.54, 1.807) is 54.6 Å². The van der Waals surface area contributed by atoms with Crippen molar-refractivity contribution >= 4 is 17.5 Å². The quantitative estimate of drug-likeness (QED) is 0.334. The van der Waals surface area contributed by atoms with Gasteiger partial charge >= 0.3 is 0 Å². The SMILES string of the molecule is CN(Cc1ccco1)C(=O)Cc1cccc(N(Cc2ccccc2)C(=O)c2ccc(F)cc2F)c1. The van der Waals surface area contributed by atoms with Crippen LogP contribution in [-0.2, 0) is 24.3 Å². The van der Waals surface area contributed by atoms with Gasteiger partial charge in [0.1, 0.15) is 17.4 Å². The maximum atomic E-state index is 14.5. The Morgan fingerprint density at radius 2 is 1.60 bits per heavy atom. The van der Waals surface area contributed by atoms with Crippen LogP contribution in [0.25, 0.3) is 0 Å². The minimum absolute atomic E-state index is 0.114. The number of amides is 2. The molecule has 0 unspecified atom stereocenters. The molecule has 0 N–H and O–H groups in total. The molecule has 7 heteroatoms. The molecular weight excluding hydrogens is 450 g/mol. The van der Waals surface area contributed by atoms with Crippen LogP contribution in [0.1, 0.15) is 27.2 Å². The van der Waals surface area contributed by atoms with Gasteiger partial charge in [0.25, 0.3) is 5.91 Å². The third-order valence-corrected chi connectivity index (χ3v) is 5.57. The Bertz CT molecular complexity index is 1310. The summed E-state index contributed by atoms with van der Waals surface area (Å²) in [6.45, 7) is 0.514. The molecule has 1 heterocycles. The molecule has 0 spiro atoms. The lowest BCUT2D eigenvalue weighted by atomic mass is 10.1. The number of anilines is 1. The van der Waals surface area contributed by atoms with E-state index >= 15 is 0 Å². The van der Waals surface area contributed by atoms with E-state index in [0.29, 0.717) is 29.6 Å². The summed E-state index contributed by atoms with van der Waals surface area (Å²) in [5.41, 5.74) is 1.80. The van der Waals surface area contributed by atoms with E-state index in [-0.39, 0.29) is 24.4 Å². The van der Waals surface area contributed by atoms with Gasteiger partial charge in [-0.3, -0.25) is 9.59 Å². The summed E-state index contributed by atoms with van der Waals surface area (Å²) in [6.07, 6.45) is 1.67. The third-order valence-electron chi connectivity index (χ3n) is 5.57. The van der Waals surface area contributed by atoms with E-state index in [1.165, 1.54) is 4.90 Å². The maximum Gasteiger partial charge on any atom is 0.261 e. The number of carbonyl (C=O) groups excluding carboxylic acids is 2. The van der Waals surface area contributed by atoms with Crippen molar-refractivity contribution in [3.63, 3.8) is 0 Å². The summed E-state index contributed by atoms with van der Waals surface area (Å²) < 4.78 is 33.2. The largest absolute Gasteiger partial charge is 0.467 e. The van der Waals surface area contributed by atoms with Crippen LogP contribution in [0.15, 0.2) is 95.6 Å². The van der Waals surface area contributed by atoms with E-state index in [4.69, 9.17) is 4.42 Å². The first-order valence-corrected chi connectivity index (χ1v) is 11.1. The molecule has 0 bridgehead atoms. The van der Waals surface area contributed by atoms with Crippen LogP contribution in [0, 0.1) is 11.6 Å². The van der Waals surface area contributed by atoms with Crippen molar-refractivity contribution in [2.75, 3.05) is 11.9 Å². The van der Waals surface area contributed by atoms with Crippen LogP contribution in [0.5, 0.6) is 0 Å². The summed E-state index contributed by atoms with van der Waals surface area (Å²) >= 11 is 0. The van der Waals surface area contributed by atoms with Gasteiger partial charge in [-0.05, 0) is 47.5 Å². The molecule has 0 atom stereocenters. The number of hydrogen-bond acceptors (Lipinski definition) is 3. The van der Waals surface area contributed by atoms with Crippen molar-refractivity contribution < 1.29 is 22.8 Å². The molecule has 4 aromatic rings. The number of rotatable bonds is 8. The number of hydrogen-bond donors (Lipinski definition) is 0. The van der Waals surface area contributed by atoms with Crippen molar-refractivity contribution in [2.24, 2.45) is 0 Å². The Morgan fingerprint density at radius 1 is 0.829 bits per heavy atom. The summed E-state index contributed by atoms with van der Waals surface area (Å²) in [5, 5.41) is 0. The minimum atomic E-state index is -0.932.